The Hall–Kier alpha value is -2.29. The number of hydrogen-bond donors (Lipinski definition) is 0. The molecule has 3 heteroatoms. The summed E-state index contributed by atoms with van der Waals surface area (Å²) in [5.41, 5.74) is 3.88. The number of amidine groups is 1. The van der Waals surface area contributed by atoms with Crippen LogP contribution in [-0.4, -0.2) is 16.3 Å². The summed E-state index contributed by atoms with van der Waals surface area (Å²) in [4.78, 5) is 8.76. The quantitative estimate of drug-likeness (QED) is 0.695. The SMILES string of the molecule is Cc1cccc(C2=NOC(c3ccccc3)N2C23CC4CC(CC(C4)C2)C3)c1. The lowest BCUT2D eigenvalue weighted by Crippen LogP contribution is -2.61. The fraction of sp³-hybridized carbons (Fsp3) is 0.480. The molecule has 1 unspecified atom stereocenters. The summed E-state index contributed by atoms with van der Waals surface area (Å²) in [6.07, 6.45) is 8.14. The topological polar surface area (TPSA) is 24.8 Å². The zero-order valence-corrected chi connectivity index (χ0v) is 16.6. The maximum atomic E-state index is 6.16. The van der Waals surface area contributed by atoms with Gasteiger partial charge in [-0.05, 0) is 69.3 Å². The summed E-state index contributed by atoms with van der Waals surface area (Å²) < 4.78 is 0. The standard InChI is InChI=1S/C25H28N2O/c1-17-6-5-9-22(10-17)23-26-28-24(21-7-3-2-4-8-21)27(23)25-14-18-11-19(15-25)13-20(12-18)16-25/h2-10,18-20,24H,11-16H2,1H3. The maximum Gasteiger partial charge on any atom is 0.227 e. The van der Waals surface area contributed by atoms with Gasteiger partial charge in [0.25, 0.3) is 0 Å². The third-order valence-electron chi connectivity index (χ3n) is 7.58. The van der Waals surface area contributed by atoms with Crippen molar-refractivity contribution in [3.8, 4) is 0 Å². The maximum absolute atomic E-state index is 6.16. The van der Waals surface area contributed by atoms with Crippen molar-refractivity contribution in [2.24, 2.45) is 22.9 Å². The van der Waals surface area contributed by atoms with Crippen LogP contribution < -0.4 is 0 Å². The van der Waals surface area contributed by atoms with Crippen molar-refractivity contribution < 1.29 is 4.84 Å². The molecule has 4 fully saturated rings. The third-order valence-corrected chi connectivity index (χ3v) is 7.58. The summed E-state index contributed by atoms with van der Waals surface area (Å²) in [7, 11) is 0. The molecule has 0 saturated heterocycles. The molecule has 144 valence electrons. The molecule has 0 spiro atoms. The van der Waals surface area contributed by atoms with Crippen LogP contribution in [0.4, 0.5) is 0 Å². The molecule has 3 nitrogen and oxygen atoms in total. The molecule has 7 rings (SSSR count). The van der Waals surface area contributed by atoms with Crippen LogP contribution in [0, 0.1) is 24.7 Å². The number of nitrogens with zero attached hydrogens (tertiary/aromatic N) is 2. The van der Waals surface area contributed by atoms with E-state index in [1.807, 2.05) is 0 Å². The van der Waals surface area contributed by atoms with Gasteiger partial charge in [0.05, 0.1) is 0 Å². The van der Waals surface area contributed by atoms with Gasteiger partial charge in [0, 0.05) is 16.7 Å². The Kier molecular flexibility index (Phi) is 3.63. The van der Waals surface area contributed by atoms with Gasteiger partial charge < -0.3 is 9.74 Å². The number of oxime groups is 1. The molecule has 2 aromatic rings. The number of aryl methyl sites for hydroxylation is 1. The summed E-state index contributed by atoms with van der Waals surface area (Å²) in [6, 6.07) is 19.4. The Labute approximate surface area is 167 Å². The van der Waals surface area contributed by atoms with Crippen molar-refractivity contribution in [3.63, 3.8) is 0 Å². The van der Waals surface area contributed by atoms with E-state index in [2.05, 4.69) is 71.6 Å². The lowest BCUT2D eigenvalue weighted by Gasteiger charge is -2.60. The normalized spacial score (nSPS) is 35.8. The Morgan fingerprint density at radius 1 is 0.893 bits per heavy atom. The summed E-state index contributed by atoms with van der Waals surface area (Å²) >= 11 is 0. The van der Waals surface area contributed by atoms with Crippen molar-refractivity contribution in [3.05, 3.63) is 71.3 Å². The van der Waals surface area contributed by atoms with E-state index in [0.717, 1.165) is 23.6 Å². The average Bonchev–Trinajstić information content (AvgIpc) is 3.14. The second kappa shape index (κ2) is 6.10. The van der Waals surface area contributed by atoms with Crippen molar-refractivity contribution >= 4 is 5.84 Å². The lowest BCUT2D eigenvalue weighted by atomic mass is 9.52. The van der Waals surface area contributed by atoms with E-state index in [0.29, 0.717) is 0 Å². The molecule has 0 radical (unpaired) electrons. The van der Waals surface area contributed by atoms with Gasteiger partial charge in [-0.15, -0.1) is 0 Å². The van der Waals surface area contributed by atoms with E-state index in [1.54, 1.807) is 0 Å². The van der Waals surface area contributed by atoms with Gasteiger partial charge in [-0.3, -0.25) is 0 Å². The highest BCUT2D eigenvalue weighted by Crippen LogP contribution is 2.60. The van der Waals surface area contributed by atoms with E-state index in [4.69, 9.17) is 4.84 Å². The zero-order chi connectivity index (χ0) is 18.7. The minimum absolute atomic E-state index is 0.104. The van der Waals surface area contributed by atoms with Crippen molar-refractivity contribution in [2.45, 2.75) is 57.2 Å². The molecule has 1 aliphatic heterocycles. The number of benzene rings is 2. The van der Waals surface area contributed by atoms with Gasteiger partial charge in [0.15, 0.2) is 5.84 Å². The molecule has 28 heavy (non-hydrogen) atoms. The van der Waals surface area contributed by atoms with Crippen molar-refractivity contribution in [2.75, 3.05) is 0 Å². The Morgan fingerprint density at radius 3 is 2.21 bits per heavy atom. The van der Waals surface area contributed by atoms with Crippen LogP contribution in [0.3, 0.4) is 0 Å². The highest BCUT2D eigenvalue weighted by atomic mass is 16.7. The highest BCUT2D eigenvalue weighted by molar-refractivity contribution is 6.00. The second-order valence-corrected chi connectivity index (χ2v) is 9.66. The molecular weight excluding hydrogens is 344 g/mol. The molecule has 4 aliphatic carbocycles. The number of hydrogen-bond acceptors (Lipinski definition) is 3. The summed E-state index contributed by atoms with van der Waals surface area (Å²) in [6.45, 7) is 2.16. The Bertz CT molecular complexity index is 884. The molecule has 0 amide bonds. The fourth-order valence-corrected chi connectivity index (χ4v) is 6.94. The van der Waals surface area contributed by atoms with Crippen LogP contribution in [0.15, 0.2) is 59.8 Å². The molecule has 4 saturated carbocycles. The van der Waals surface area contributed by atoms with Crippen LogP contribution in [0.2, 0.25) is 0 Å². The van der Waals surface area contributed by atoms with Crippen LogP contribution in [0.25, 0.3) is 0 Å². The minimum Gasteiger partial charge on any atom is -0.363 e. The lowest BCUT2D eigenvalue weighted by molar-refractivity contribution is -0.116. The smallest absolute Gasteiger partial charge is 0.227 e. The summed E-state index contributed by atoms with van der Waals surface area (Å²) in [5, 5.41) is 4.69. The van der Waals surface area contributed by atoms with Gasteiger partial charge in [-0.25, -0.2) is 0 Å². The Balaban J connectivity index is 1.46. The van der Waals surface area contributed by atoms with Gasteiger partial charge >= 0.3 is 0 Å². The largest absolute Gasteiger partial charge is 0.363 e. The second-order valence-electron chi connectivity index (χ2n) is 9.66. The van der Waals surface area contributed by atoms with Gasteiger partial charge in [-0.1, -0.05) is 59.3 Å². The van der Waals surface area contributed by atoms with Crippen LogP contribution in [-0.2, 0) is 4.84 Å². The monoisotopic (exact) mass is 372 g/mol. The first kappa shape index (κ1) is 16.6. The molecule has 0 N–H and O–H groups in total. The predicted octanol–water partition coefficient (Wildman–Crippen LogP) is 5.66. The van der Waals surface area contributed by atoms with Crippen LogP contribution in [0.1, 0.15) is 61.4 Å². The first-order chi connectivity index (χ1) is 13.7. The van der Waals surface area contributed by atoms with Gasteiger partial charge in [0.2, 0.25) is 6.23 Å². The third kappa shape index (κ3) is 2.52. The van der Waals surface area contributed by atoms with Crippen LogP contribution >= 0.6 is 0 Å². The minimum atomic E-state index is -0.104. The van der Waals surface area contributed by atoms with Crippen molar-refractivity contribution in [1.29, 1.82) is 0 Å². The molecule has 1 atom stereocenters. The molecular formula is C25H28N2O. The molecule has 2 aromatic carbocycles. The molecule has 5 aliphatic rings. The first-order valence-corrected chi connectivity index (χ1v) is 10.9. The summed E-state index contributed by atoms with van der Waals surface area (Å²) in [5.74, 6) is 3.71. The van der Waals surface area contributed by atoms with E-state index in [9.17, 15) is 0 Å². The van der Waals surface area contributed by atoms with Crippen molar-refractivity contribution in [1.82, 2.24) is 4.90 Å². The fourth-order valence-electron chi connectivity index (χ4n) is 6.94. The van der Waals surface area contributed by atoms with E-state index in [1.165, 1.54) is 55.2 Å². The zero-order valence-electron chi connectivity index (χ0n) is 16.6. The molecule has 1 heterocycles. The van der Waals surface area contributed by atoms with Gasteiger partial charge in [-0.2, -0.15) is 0 Å². The molecule has 0 aromatic heterocycles. The number of rotatable bonds is 3. The van der Waals surface area contributed by atoms with E-state index >= 15 is 0 Å². The van der Waals surface area contributed by atoms with Crippen LogP contribution in [0.5, 0.6) is 0 Å². The first-order valence-electron chi connectivity index (χ1n) is 10.9. The Morgan fingerprint density at radius 2 is 1.57 bits per heavy atom. The van der Waals surface area contributed by atoms with E-state index in [-0.39, 0.29) is 11.8 Å². The predicted molar refractivity (Wildman–Crippen MR) is 111 cm³/mol. The average molecular weight is 373 g/mol. The molecule has 4 bridgehead atoms. The van der Waals surface area contributed by atoms with Gasteiger partial charge in [0.1, 0.15) is 0 Å². The highest BCUT2D eigenvalue weighted by Gasteiger charge is 2.57. The van der Waals surface area contributed by atoms with E-state index < -0.39 is 0 Å².